The highest BCUT2D eigenvalue weighted by Crippen LogP contribution is 2.35. The monoisotopic (exact) mass is 304 g/mol. The van der Waals surface area contributed by atoms with E-state index in [9.17, 15) is 18.5 Å². The highest BCUT2D eigenvalue weighted by molar-refractivity contribution is 7.91. The molecule has 1 aromatic rings. The molecule has 1 aliphatic rings. The van der Waals surface area contributed by atoms with Crippen LogP contribution in [0.3, 0.4) is 0 Å². The van der Waals surface area contributed by atoms with E-state index in [1.165, 1.54) is 6.07 Å². The second-order valence-corrected chi connectivity index (χ2v) is 7.07. The number of rotatable bonds is 2. The summed E-state index contributed by atoms with van der Waals surface area (Å²) in [5.41, 5.74) is 0.220. The standard InChI is InChI=1S/C11H13ClN2O4S/c12-9-3-1-4-10(11(9)14(15)16)13-5-2-7-19(17,18)8-6-13/h1,3-4H,2,5-8H2. The molecule has 1 aliphatic heterocycles. The van der Waals surface area contributed by atoms with Crippen molar-refractivity contribution < 1.29 is 13.3 Å². The summed E-state index contributed by atoms with van der Waals surface area (Å²) in [7, 11) is -3.05. The third-order valence-corrected chi connectivity index (χ3v) is 5.06. The first-order valence-corrected chi connectivity index (χ1v) is 7.99. The molecule has 0 bridgehead atoms. The molecule has 0 spiro atoms. The predicted octanol–water partition coefficient (Wildman–Crippen LogP) is 1.87. The second kappa shape index (κ2) is 5.34. The fourth-order valence-corrected chi connectivity index (χ4v) is 3.63. The van der Waals surface area contributed by atoms with Crippen LogP contribution in [-0.4, -0.2) is 37.9 Å². The maximum Gasteiger partial charge on any atom is 0.310 e. The van der Waals surface area contributed by atoms with Crippen molar-refractivity contribution in [2.24, 2.45) is 0 Å². The number of nitro benzene ring substituents is 1. The summed E-state index contributed by atoms with van der Waals surface area (Å²) in [6.07, 6.45) is 0.464. The van der Waals surface area contributed by atoms with Gasteiger partial charge in [-0.25, -0.2) is 8.42 Å². The Hall–Kier alpha value is -1.34. The Morgan fingerprint density at radius 3 is 2.68 bits per heavy atom. The Balaban J connectivity index is 2.37. The van der Waals surface area contributed by atoms with Crippen LogP contribution >= 0.6 is 11.6 Å². The fraction of sp³-hybridized carbons (Fsp3) is 0.455. The van der Waals surface area contributed by atoms with Crippen molar-refractivity contribution in [3.8, 4) is 0 Å². The van der Waals surface area contributed by atoms with Gasteiger partial charge in [0.2, 0.25) is 0 Å². The lowest BCUT2D eigenvalue weighted by Crippen LogP contribution is -2.27. The predicted molar refractivity (Wildman–Crippen MR) is 73.6 cm³/mol. The molecule has 0 aliphatic carbocycles. The second-order valence-electron chi connectivity index (χ2n) is 4.36. The van der Waals surface area contributed by atoms with Crippen LogP contribution in [0.5, 0.6) is 0 Å². The fourth-order valence-electron chi connectivity index (χ4n) is 2.12. The molecule has 6 nitrogen and oxygen atoms in total. The molecule has 0 atom stereocenters. The largest absolute Gasteiger partial charge is 0.365 e. The van der Waals surface area contributed by atoms with E-state index < -0.39 is 14.8 Å². The molecule has 2 rings (SSSR count). The van der Waals surface area contributed by atoms with Gasteiger partial charge in [0.1, 0.15) is 10.7 Å². The van der Waals surface area contributed by atoms with Gasteiger partial charge >= 0.3 is 5.69 Å². The van der Waals surface area contributed by atoms with Crippen molar-refractivity contribution in [3.05, 3.63) is 33.3 Å². The highest BCUT2D eigenvalue weighted by atomic mass is 35.5. The lowest BCUT2D eigenvalue weighted by molar-refractivity contribution is -0.384. The lowest BCUT2D eigenvalue weighted by atomic mass is 10.2. The third-order valence-electron chi connectivity index (χ3n) is 3.04. The molecule has 1 fully saturated rings. The first kappa shape index (κ1) is 14.1. The molecule has 8 heteroatoms. The number of sulfone groups is 1. The SMILES string of the molecule is O=[N+]([O-])c1c(Cl)cccc1N1CCCS(=O)(=O)CC1. The summed E-state index contributed by atoms with van der Waals surface area (Å²) >= 11 is 5.85. The van der Waals surface area contributed by atoms with Crippen molar-refractivity contribution in [2.45, 2.75) is 6.42 Å². The van der Waals surface area contributed by atoms with E-state index in [0.717, 1.165) is 0 Å². The molecule has 19 heavy (non-hydrogen) atoms. The maximum absolute atomic E-state index is 11.5. The van der Waals surface area contributed by atoms with Crippen LogP contribution in [0, 0.1) is 10.1 Å². The first-order valence-electron chi connectivity index (χ1n) is 5.79. The van der Waals surface area contributed by atoms with Gasteiger partial charge in [0.05, 0.1) is 16.4 Å². The quantitative estimate of drug-likeness (QED) is 0.615. The van der Waals surface area contributed by atoms with E-state index in [2.05, 4.69) is 0 Å². The Morgan fingerprint density at radius 1 is 1.26 bits per heavy atom. The molecule has 0 unspecified atom stereocenters. The maximum atomic E-state index is 11.5. The molecule has 0 N–H and O–H groups in total. The summed E-state index contributed by atoms with van der Waals surface area (Å²) in [5, 5.41) is 11.1. The van der Waals surface area contributed by atoms with Crippen molar-refractivity contribution in [3.63, 3.8) is 0 Å². The number of halogens is 1. The van der Waals surface area contributed by atoms with Crippen LogP contribution in [0.1, 0.15) is 6.42 Å². The number of benzene rings is 1. The van der Waals surface area contributed by atoms with Gasteiger partial charge in [0, 0.05) is 13.1 Å². The summed E-state index contributed by atoms with van der Waals surface area (Å²) in [6.45, 7) is 0.726. The number of para-hydroxylation sites is 1. The minimum atomic E-state index is -3.05. The van der Waals surface area contributed by atoms with Crippen LogP contribution in [-0.2, 0) is 9.84 Å². The summed E-state index contributed by atoms with van der Waals surface area (Å²) in [6, 6.07) is 4.68. The number of anilines is 1. The third kappa shape index (κ3) is 3.16. The van der Waals surface area contributed by atoms with Crippen LogP contribution in [0.2, 0.25) is 5.02 Å². The van der Waals surface area contributed by atoms with Gasteiger partial charge in [-0.15, -0.1) is 0 Å². The Bertz CT molecular complexity index is 603. The van der Waals surface area contributed by atoms with Crippen LogP contribution in [0.15, 0.2) is 18.2 Å². The molecule has 0 aromatic heterocycles. The number of hydrogen-bond acceptors (Lipinski definition) is 5. The molecule has 1 saturated heterocycles. The van der Waals surface area contributed by atoms with Crippen LogP contribution < -0.4 is 4.90 Å². The smallest absolute Gasteiger partial charge is 0.310 e. The van der Waals surface area contributed by atoms with Gasteiger partial charge in [-0.3, -0.25) is 10.1 Å². The van der Waals surface area contributed by atoms with Gasteiger partial charge in [-0.2, -0.15) is 0 Å². The van der Waals surface area contributed by atoms with Gasteiger partial charge in [-0.05, 0) is 18.6 Å². The average molecular weight is 305 g/mol. The van der Waals surface area contributed by atoms with Gasteiger partial charge in [0.25, 0.3) is 0 Å². The molecule has 0 amide bonds. The minimum absolute atomic E-state index is 0.0106. The summed E-state index contributed by atoms with van der Waals surface area (Å²) < 4.78 is 23.1. The first-order chi connectivity index (χ1) is 8.91. The summed E-state index contributed by atoms with van der Waals surface area (Å²) in [4.78, 5) is 12.3. The molecule has 104 valence electrons. The van der Waals surface area contributed by atoms with Gasteiger partial charge in [-0.1, -0.05) is 17.7 Å². The van der Waals surface area contributed by atoms with Gasteiger partial charge in [0.15, 0.2) is 9.84 Å². The zero-order valence-electron chi connectivity index (χ0n) is 10.1. The molecule has 0 radical (unpaired) electrons. The summed E-state index contributed by atoms with van der Waals surface area (Å²) in [5.74, 6) is 0.133. The van der Waals surface area contributed by atoms with Crippen molar-refractivity contribution in [1.29, 1.82) is 0 Å². The van der Waals surface area contributed by atoms with E-state index in [1.807, 2.05) is 0 Å². The number of nitrogens with zero attached hydrogens (tertiary/aromatic N) is 2. The van der Waals surface area contributed by atoms with E-state index in [1.54, 1.807) is 17.0 Å². The Kier molecular flexibility index (Phi) is 3.96. The normalized spacial score (nSPS) is 18.9. The Labute approximate surface area is 116 Å². The average Bonchev–Trinajstić information content (AvgIpc) is 2.49. The van der Waals surface area contributed by atoms with Crippen LogP contribution in [0.4, 0.5) is 11.4 Å². The van der Waals surface area contributed by atoms with Crippen LogP contribution in [0.25, 0.3) is 0 Å². The van der Waals surface area contributed by atoms with E-state index >= 15 is 0 Å². The van der Waals surface area contributed by atoms with Crippen molar-refractivity contribution in [2.75, 3.05) is 29.5 Å². The number of hydrogen-bond donors (Lipinski definition) is 0. The van der Waals surface area contributed by atoms with Crippen molar-refractivity contribution >= 4 is 32.8 Å². The number of nitro groups is 1. The van der Waals surface area contributed by atoms with Gasteiger partial charge < -0.3 is 4.90 Å². The molecular weight excluding hydrogens is 292 g/mol. The zero-order chi connectivity index (χ0) is 14.0. The van der Waals surface area contributed by atoms with E-state index in [4.69, 9.17) is 11.6 Å². The lowest BCUT2D eigenvalue weighted by Gasteiger charge is -2.21. The van der Waals surface area contributed by atoms with Crippen molar-refractivity contribution in [1.82, 2.24) is 0 Å². The minimum Gasteiger partial charge on any atom is -0.365 e. The topological polar surface area (TPSA) is 80.5 Å². The molecular formula is C11H13ClN2O4S. The molecule has 1 aromatic carbocycles. The van der Waals surface area contributed by atoms with E-state index in [0.29, 0.717) is 18.7 Å². The molecule has 1 heterocycles. The molecule has 0 saturated carbocycles. The highest BCUT2D eigenvalue weighted by Gasteiger charge is 2.26. The zero-order valence-corrected chi connectivity index (χ0v) is 11.7. The Morgan fingerprint density at radius 2 is 2.00 bits per heavy atom. The van der Waals surface area contributed by atoms with E-state index in [-0.39, 0.29) is 28.8 Å².